The summed E-state index contributed by atoms with van der Waals surface area (Å²) in [5.41, 5.74) is 22.4. The lowest BCUT2D eigenvalue weighted by Crippen LogP contribution is -2.62. The number of carbonyl (C=O) groups excluding carboxylic acids is 12. The summed E-state index contributed by atoms with van der Waals surface area (Å²) in [5, 5.41) is 55.3. The van der Waals surface area contributed by atoms with Crippen LogP contribution in [0.4, 0.5) is 0 Å². The molecule has 1 fully saturated rings. The Kier molecular flexibility index (Phi) is 29.5. The number of primary amides is 1. The molecule has 2 unspecified atom stereocenters. The Balaban J connectivity index is 2.93. The lowest BCUT2D eigenvalue weighted by atomic mass is 9.98. The number of amides is 11. The number of carbonyl (C=O) groups is 12. The smallest absolute Gasteiger partial charge is 0.331 e. The number of nitrogens with one attached hydrogen (secondary N) is 10. The van der Waals surface area contributed by atoms with Crippen LogP contribution in [0.3, 0.4) is 0 Å². The number of benzene rings is 1. The minimum Gasteiger partial charge on any atom is -0.453 e. The third-order valence-corrected chi connectivity index (χ3v) is 12.6. The van der Waals surface area contributed by atoms with Gasteiger partial charge in [0, 0.05) is 6.54 Å². The maximum absolute atomic E-state index is 14.9. The highest BCUT2D eigenvalue weighted by Crippen LogP contribution is 2.24. The zero-order valence-electron chi connectivity index (χ0n) is 48.2. The molecule has 1 heterocycles. The largest absolute Gasteiger partial charge is 0.453 e. The number of nitrogens with zero attached hydrogens (tertiary/aromatic N) is 1. The maximum atomic E-state index is 14.9. The van der Waals surface area contributed by atoms with Crippen LogP contribution in [0.1, 0.15) is 106 Å². The van der Waals surface area contributed by atoms with Gasteiger partial charge in [0.1, 0.15) is 48.3 Å². The highest BCUT2D eigenvalue weighted by Gasteiger charge is 2.41. The number of ether oxygens (including phenoxy) is 1. The Bertz CT molecular complexity index is 2460. The fourth-order valence-corrected chi connectivity index (χ4v) is 8.18. The van der Waals surface area contributed by atoms with Crippen molar-refractivity contribution in [2.24, 2.45) is 45.7 Å². The van der Waals surface area contributed by atoms with E-state index in [9.17, 15) is 72.9 Å². The fourth-order valence-electron chi connectivity index (χ4n) is 8.18. The summed E-state index contributed by atoms with van der Waals surface area (Å²) in [6.07, 6.45) is -6.06. The third-order valence-electron chi connectivity index (χ3n) is 12.6. The van der Waals surface area contributed by atoms with Gasteiger partial charge in [-0.3, -0.25) is 57.7 Å². The molecule has 1 aliphatic heterocycles. The van der Waals surface area contributed by atoms with Gasteiger partial charge < -0.3 is 96.2 Å². The van der Waals surface area contributed by atoms with Crippen LogP contribution < -0.4 is 76.1 Å². The van der Waals surface area contributed by atoms with Crippen LogP contribution in [-0.4, -0.2) is 185 Å². The summed E-state index contributed by atoms with van der Waals surface area (Å²) in [4.78, 5) is 169. The Morgan fingerprint density at radius 3 is 1.76 bits per heavy atom. The van der Waals surface area contributed by atoms with Crippen LogP contribution >= 0.6 is 0 Å². The van der Waals surface area contributed by atoms with Crippen molar-refractivity contribution < 1.29 is 77.6 Å². The predicted octanol–water partition coefficient (Wildman–Crippen LogP) is -6.46. The first-order valence-corrected chi connectivity index (χ1v) is 27.1. The first-order chi connectivity index (χ1) is 38.8. The molecule has 1 aliphatic rings. The Morgan fingerprint density at radius 2 is 1.22 bits per heavy atom. The average Bonchev–Trinajstić information content (AvgIpc) is 3.41. The fraction of sp³-hybridized carbons (Fsp3) is 0.635. The molecule has 11 amide bonds. The van der Waals surface area contributed by atoms with Gasteiger partial charge >= 0.3 is 5.97 Å². The van der Waals surface area contributed by atoms with E-state index in [-0.39, 0.29) is 67.9 Å². The van der Waals surface area contributed by atoms with Crippen LogP contribution in [0.15, 0.2) is 35.3 Å². The average molecular weight is 1180 g/mol. The number of nitrogens with two attached hydrogens (primary N) is 4. The molecule has 13 atom stereocenters. The highest BCUT2D eigenvalue weighted by molar-refractivity contribution is 6.00. The van der Waals surface area contributed by atoms with Gasteiger partial charge in [-0.05, 0) is 76.2 Å². The standard InChI is InChI=1S/C52H85N15O16/c1-23(2)18-30(53)44(75)63-33(20-25(5)6)47(78)67-38-40(29-14-11-10-12-15-29)83-51(82)34(22-68)64-49(80)37(39(71)41(54)72)65-35(70)21-58-48(79)36(28(9)69)66-43(74)27(8)59-45(76)31(16-13-17-57-52(55)56)61-46(77)32(19-24(3)4)62-42(73)26(7)60-50(38)81/h10-12,14-15,23-28,30-34,36-40,68-69,71H,13,16-22,53H2,1-9H3,(H2,54,72)(H,58,79)(H,59,76)(H,60,81)(H,61,77)(H,62,73)(H,63,75)(H,64,80)(H,65,70)(H,66,74)(H,67,78)(H4,55,56,57)/t26-,27-,28-,30+,31+,32-,33-,34-,36-,37?,38-,39?,40+/m0/s1. The summed E-state index contributed by atoms with van der Waals surface area (Å²) >= 11 is 0. The van der Waals surface area contributed by atoms with Gasteiger partial charge in [0.25, 0.3) is 0 Å². The summed E-state index contributed by atoms with van der Waals surface area (Å²) < 4.78 is 5.86. The van der Waals surface area contributed by atoms with E-state index in [1.807, 2.05) is 24.5 Å². The summed E-state index contributed by atoms with van der Waals surface area (Å²) in [6, 6.07) is -9.61. The molecule has 0 aliphatic carbocycles. The van der Waals surface area contributed by atoms with E-state index < -0.39 is 163 Å². The molecule has 0 radical (unpaired) electrons. The molecule has 1 aromatic carbocycles. The monoisotopic (exact) mass is 1180 g/mol. The number of aliphatic imine (C=N–C) groups is 1. The van der Waals surface area contributed by atoms with Crippen LogP contribution in [0.25, 0.3) is 0 Å². The zero-order chi connectivity index (χ0) is 63.0. The molecule has 464 valence electrons. The summed E-state index contributed by atoms with van der Waals surface area (Å²) in [6.45, 7) is 11.7. The normalized spacial score (nSPS) is 24.9. The van der Waals surface area contributed by atoms with Gasteiger partial charge in [-0.1, -0.05) is 71.9 Å². The molecular weight excluding hydrogens is 1090 g/mol. The number of cyclic esters (lactones) is 1. The molecule has 0 aromatic heterocycles. The first-order valence-electron chi connectivity index (χ1n) is 27.1. The van der Waals surface area contributed by atoms with Crippen LogP contribution in [0, 0.1) is 17.8 Å². The topological polar surface area (TPSA) is 511 Å². The van der Waals surface area contributed by atoms with E-state index in [0.29, 0.717) is 0 Å². The SMILES string of the molecule is CC(C)C[C@@H](N)C(=O)N[C@@H](CC(C)C)C(=O)N[C@@H]1C(=O)N[C@@H](C)C(=O)N[C@@H](CC(C)C)C(=O)N[C@H](CCCN=C(N)N)C(=O)N[C@@H](C)C(=O)N[C@@H]([C@H](C)O)C(=O)NCC(=O)NC(C(O)C(N)=O)C(=O)N[C@@H](CO)C(=O)O[C@@H]1c1ccccc1. The second-order valence-corrected chi connectivity index (χ2v) is 21.4. The molecule has 0 bridgehead atoms. The number of aliphatic hydroxyl groups excluding tert-OH is 3. The van der Waals surface area contributed by atoms with Crippen LogP contribution in [0.5, 0.6) is 0 Å². The van der Waals surface area contributed by atoms with Crippen molar-refractivity contribution in [1.82, 2.24) is 53.2 Å². The van der Waals surface area contributed by atoms with Crippen molar-refractivity contribution in [3.63, 3.8) is 0 Å². The molecule has 21 N–H and O–H groups in total. The lowest BCUT2D eigenvalue weighted by molar-refractivity contribution is -0.159. The Hall–Kier alpha value is -8.03. The molecule has 0 saturated carbocycles. The van der Waals surface area contributed by atoms with Crippen LogP contribution in [-0.2, 0) is 62.3 Å². The Morgan fingerprint density at radius 1 is 0.663 bits per heavy atom. The number of aliphatic hydroxyl groups is 3. The Labute approximate surface area is 480 Å². The van der Waals surface area contributed by atoms with Gasteiger partial charge in [0.15, 0.2) is 24.2 Å². The number of hydrogen-bond donors (Lipinski definition) is 17. The number of esters is 1. The van der Waals surface area contributed by atoms with Gasteiger partial charge in [0.2, 0.25) is 65.0 Å². The van der Waals surface area contributed by atoms with E-state index >= 15 is 0 Å². The highest BCUT2D eigenvalue weighted by atomic mass is 16.5. The quantitative estimate of drug-likeness (QED) is 0.0265. The van der Waals surface area contributed by atoms with Crippen molar-refractivity contribution in [3.8, 4) is 0 Å². The minimum absolute atomic E-state index is 0.0156. The van der Waals surface area contributed by atoms with E-state index in [0.717, 1.165) is 6.92 Å². The lowest BCUT2D eigenvalue weighted by Gasteiger charge is -2.32. The molecule has 2 rings (SSSR count). The number of hydrogen-bond acceptors (Lipinski definition) is 18. The zero-order valence-corrected chi connectivity index (χ0v) is 48.2. The van der Waals surface area contributed by atoms with Gasteiger partial charge in [-0.25, -0.2) is 4.79 Å². The van der Waals surface area contributed by atoms with Crippen molar-refractivity contribution in [2.45, 2.75) is 173 Å². The first kappa shape index (κ1) is 71.1. The molecule has 0 spiro atoms. The van der Waals surface area contributed by atoms with Crippen molar-refractivity contribution in [1.29, 1.82) is 0 Å². The molecule has 1 aromatic rings. The molecule has 31 heteroatoms. The van der Waals surface area contributed by atoms with Crippen LogP contribution in [0.2, 0.25) is 0 Å². The van der Waals surface area contributed by atoms with Gasteiger partial charge in [0.05, 0.1) is 25.3 Å². The van der Waals surface area contributed by atoms with Gasteiger partial charge in [-0.15, -0.1) is 0 Å². The molecule has 1 saturated heterocycles. The van der Waals surface area contributed by atoms with Crippen molar-refractivity contribution in [3.05, 3.63) is 35.9 Å². The van der Waals surface area contributed by atoms with E-state index in [1.165, 1.54) is 38.1 Å². The summed E-state index contributed by atoms with van der Waals surface area (Å²) in [5.74, 6) is -14.9. The molecule has 31 nitrogen and oxygen atoms in total. The van der Waals surface area contributed by atoms with E-state index in [2.05, 4.69) is 47.5 Å². The minimum atomic E-state index is -2.54. The van der Waals surface area contributed by atoms with Crippen molar-refractivity contribution >= 4 is 76.9 Å². The molecule has 83 heavy (non-hydrogen) atoms. The second-order valence-electron chi connectivity index (χ2n) is 21.4. The second kappa shape index (κ2) is 34.4. The summed E-state index contributed by atoms with van der Waals surface area (Å²) in [7, 11) is 0. The molecular formula is C52H85N15O16. The predicted molar refractivity (Wildman–Crippen MR) is 297 cm³/mol. The van der Waals surface area contributed by atoms with Gasteiger partial charge in [-0.2, -0.15) is 0 Å². The number of rotatable bonds is 19. The number of guanidine groups is 1. The maximum Gasteiger partial charge on any atom is 0.331 e. The third kappa shape index (κ3) is 24.1. The van der Waals surface area contributed by atoms with E-state index in [1.54, 1.807) is 33.8 Å². The van der Waals surface area contributed by atoms with E-state index in [4.69, 9.17) is 27.7 Å². The van der Waals surface area contributed by atoms with Crippen molar-refractivity contribution in [2.75, 3.05) is 19.7 Å².